The first kappa shape index (κ1) is 20.7. The number of carbonyl (C=O) groups excluding carboxylic acids is 3. The van der Waals surface area contributed by atoms with Gasteiger partial charge in [-0.25, -0.2) is 9.88 Å². The largest absolute Gasteiger partial charge is 0.495 e. The van der Waals surface area contributed by atoms with Gasteiger partial charge in [0, 0.05) is 37.9 Å². The van der Waals surface area contributed by atoms with Crippen molar-refractivity contribution in [1.82, 2.24) is 9.88 Å². The van der Waals surface area contributed by atoms with Gasteiger partial charge in [0.05, 0.1) is 23.9 Å². The Morgan fingerprint density at radius 1 is 0.879 bits per heavy atom. The molecule has 3 aromatic rings. The summed E-state index contributed by atoms with van der Waals surface area (Å²) < 4.78 is 5.45. The Hall–Kier alpha value is -4.20. The molecular formula is C25H22N4O4. The minimum atomic E-state index is -0.468. The summed E-state index contributed by atoms with van der Waals surface area (Å²) in [4.78, 5) is 48.0. The molecule has 33 heavy (non-hydrogen) atoms. The lowest BCUT2D eigenvalue weighted by Crippen LogP contribution is -2.48. The Kier molecular flexibility index (Phi) is 5.26. The van der Waals surface area contributed by atoms with Crippen molar-refractivity contribution >= 4 is 29.2 Å². The number of hydrogen-bond donors (Lipinski definition) is 0. The summed E-state index contributed by atoms with van der Waals surface area (Å²) in [5.74, 6) is 0.0112. The van der Waals surface area contributed by atoms with Crippen molar-refractivity contribution in [3.63, 3.8) is 0 Å². The number of piperazine rings is 1. The van der Waals surface area contributed by atoms with Crippen LogP contribution < -0.4 is 14.5 Å². The molecule has 1 fully saturated rings. The number of rotatable bonds is 4. The van der Waals surface area contributed by atoms with Crippen LogP contribution in [0.3, 0.4) is 0 Å². The average Bonchev–Trinajstić information content (AvgIpc) is 3.13. The van der Waals surface area contributed by atoms with E-state index in [1.807, 2.05) is 24.3 Å². The maximum absolute atomic E-state index is 13.2. The molecule has 0 atom stereocenters. The Balaban J connectivity index is 1.32. The zero-order valence-electron chi connectivity index (χ0n) is 18.1. The predicted octanol–water partition coefficient (Wildman–Crippen LogP) is 2.85. The number of ether oxygens (including phenoxy) is 1. The zero-order valence-corrected chi connectivity index (χ0v) is 18.1. The van der Waals surface area contributed by atoms with Crippen LogP contribution in [-0.2, 0) is 0 Å². The van der Waals surface area contributed by atoms with E-state index in [0.717, 1.165) is 16.3 Å². The van der Waals surface area contributed by atoms with Crippen molar-refractivity contribution in [3.8, 4) is 5.75 Å². The normalized spacial score (nSPS) is 15.6. The number of pyridine rings is 1. The molecule has 2 aliphatic heterocycles. The lowest BCUT2D eigenvalue weighted by Gasteiger charge is -2.36. The van der Waals surface area contributed by atoms with E-state index in [9.17, 15) is 14.4 Å². The first-order chi connectivity index (χ1) is 16.1. The Morgan fingerprint density at radius 3 is 2.33 bits per heavy atom. The molecular weight excluding hydrogens is 420 g/mol. The third-order valence-corrected chi connectivity index (χ3v) is 6.00. The number of hydrogen-bond acceptors (Lipinski definition) is 6. The van der Waals surface area contributed by atoms with Crippen LogP contribution in [0.5, 0.6) is 5.75 Å². The molecule has 3 heterocycles. The topological polar surface area (TPSA) is 83.1 Å². The monoisotopic (exact) mass is 442 g/mol. The summed E-state index contributed by atoms with van der Waals surface area (Å²) in [6, 6.07) is 17.5. The second-order valence-corrected chi connectivity index (χ2v) is 7.85. The van der Waals surface area contributed by atoms with Crippen molar-refractivity contribution < 1.29 is 19.1 Å². The fraction of sp³-hybridized carbons (Fsp3) is 0.200. The Morgan fingerprint density at radius 2 is 1.61 bits per heavy atom. The van der Waals surface area contributed by atoms with Gasteiger partial charge in [-0.1, -0.05) is 18.2 Å². The standard InChI is InChI=1S/C25H22N4O4/c1-33-21-7-3-2-6-20(21)27-12-14-28(15-13-27)23(30)17-9-10-18-19(16-17)25(32)29(24(18)31)22-8-4-5-11-26-22/h2-11,16H,12-15H2,1H3. The molecule has 0 radical (unpaired) electrons. The van der Waals surface area contributed by atoms with Gasteiger partial charge in [0.25, 0.3) is 17.7 Å². The summed E-state index contributed by atoms with van der Waals surface area (Å²) in [7, 11) is 1.65. The summed E-state index contributed by atoms with van der Waals surface area (Å²) in [5, 5.41) is 0. The van der Waals surface area contributed by atoms with Crippen LogP contribution in [0.15, 0.2) is 66.9 Å². The summed E-state index contributed by atoms with van der Waals surface area (Å²) >= 11 is 0. The Labute approximate surface area is 191 Å². The molecule has 0 unspecified atom stereocenters. The van der Waals surface area contributed by atoms with E-state index in [1.165, 1.54) is 12.3 Å². The van der Waals surface area contributed by atoms with E-state index in [-0.39, 0.29) is 22.9 Å². The average molecular weight is 442 g/mol. The number of carbonyl (C=O) groups is 3. The number of aromatic nitrogens is 1. The van der Waals surface area contributed by atoms with Crippen molar-refractivity contribution in [2.75, 3.05) is 43.1 Å². The van der Waals surface area contributed by atoms with E-state index in [0.29, 0.717) is 31.7 Å². The molecule has 1 aromatic heterocycles. The zero-order chi connectivity index (χ0) is 22.9. The number of nitrogens with zero attached hydrogens (tertiary/aromatic N) is 4. The number of imide groups is 1. The second-order valence-electron chi connectivity index (χ2n) is 7.85. The maximum atomic E-state index is 13.2. The van der Waals surface area contributed by atoms with Gasteiger partial charge in [0.1, 0.15) is 11.6 Å². The number of para-hydroxylation sites is 2. The molecule has 3 amide bonds. The van der Waals surface area contributed by atoms with Crippen LogP contribution in [0.4, 0.5) is 11.5 Å². The van der Waals surface area contributed by atoms with E-state index < -0.39 is 11.8 Å². The van der Waals surface area contributed by atoms with E-state index >= 15 is 0 Å². The molecule has 0 aliphatic carbocycles. The van der Waals surface area contributed by atoms with Crippen LogP contribution in [0, 0.1) is 0 Å². The Bertz CT molecular complexity index is 1240. The number of amides is 3. The predicted molar refractivity (Wildman–Crippen MR) is 123 cm³/mol. The van der Waals surface area contributed by atoms with Crippen molar-refractivity contribution in [2.45, 2.75) is 0 Å². The van der Waals surface area contributed by atoms with Gasteiger partial charge >= 0.3 is 0 Å². The SMILES string of the molecule is COc1ccccc1N1CCN(C(=O)c2ccc3c(c2)C(=O)N(c2ccccn2)C3=O)CC1. The van der Waals surface area contributed by atoms with Crippen LogP contribution in [0.25, 0.3) is 0 Å². The van der Waals surface area contributed by atoms with Gasteiger partial charge in [-0.05, 0) is 42.5 Å². The summed E-state index contributed by atoms with van der Waals surface area (Å²) in [6.07, 6.45) is 1.53. The number of anilines is 2. The fourth-order valence-electron chi connectivity index (χ4n) is 4.29. The highest BCUT2D eigenvalue weighted by Crippen LogP contribution is 2.30. The maximum Gasteiger partial charge on any atom is 0.267 e. The third kappa shape index (κ3) is 3.59. The molecule has 1 saturated heterocycles. The first-order valence-electron chi connectivity index (χ1n) is 10.7. The summed E-state index contributed by atoms with van der Waals surface area (Å²) in [6.45, 7) is 2.42. The summed E-state index contributed by atoms with van der Waals surface area (Å²) in [5.41, 5.74) is 1.90. The van der Waals surface area contributed by atoms with Gasteiger partial charge in [-0.3, -0.25) is 14.4 Å². The van der Waals surface area contributed by atoms with E-state index in [1.54, 1.807) is 42.3 Å². The molecule has 2 aromatic carbocycles. The van der Waals surface area contributed by atoms with Gasteiger partial charge in [-0.15, -0.1) is 0 Å². The number of methoxy groups -OCH3 is 1. The van der Waals surface area contributed by atoms with Gasteiger partial charge in [-0.2, -0.15) is 0 Å². The van der Waals surface area contributed by atoms with Gasteiger partial charge in [0.15, 0.2) is 0 Å². The molecule has 8 nitrogen and oxygen atoms in total. The van der Waals surface area contributed by atoms with Crippen molar-refractivity contribution in [1.29, 1.82) is 0 Å². The molecule has 5 rings (SSSR count). The molecule has 0 saturated carbocycles. The highest BCUT2D eigenvalue weighted by molar-refractivity contribution is 6.34. The van der Waals surface area contributed by atoms with Crippen LogP contribution >= 0.6 is 0 Å². The lowest BCUT2D eigenvalue weighted by atomic mass is 10.0. The lowest BCUT2D eigenvalue weighted by molar-refractivity contribution is 0.0746. The minimum absolute atomic E-state index is 0.158. The quantitative estimate of drug-likeness (QED) is 0.578. The first-order valence-corrected chi connectivity index (χ1v) is 10.7. The van der Waals surface area contributed by atoms with Gasteiger partial charge in [0.2, 0.25) is 0 Å². The smallest absolute Gasteiger partial charge is 0.267 e. The van der Waals surface area contributed by atoms with Crippen molar-refractivity contribution in [2.24, 2.45) is 0 Å². The van der Waals surface area contributed by atoms with Crippen LogP contribution in [0.2, 0.25) is 0 Å². The van der Waals surface area contributed by atoms with E-state index in [4.69, 9.17) is 4.74 Å². The molecule has 8 heteroatoms. The fourth-order valence-corrected chi connectivity index (χ4v) is 4.29. The third-order valence-electron chi connectivity index (χ3n) is 6.00. The molecule has 0 N–H and O–H groups in total. The van der Waals surface area contributed by atoms with Crippen LogP contribution in [0.1, 0.15) is 31.1 Å². The molecule has 0 bridgehead atoms. The number of benzene rings is 2. The highest BCUT2D eigenvalue weighted by Gasteiger charge is 2.38. The number of fused-ring (bicyclic) bond motifs is 1. The minimum Gasteiger partial charge on any atom is -0.495 e. The molecule has 2 aliphatic rings. The highest BCUT2D eigenvalue weighted by atomic mass is 16.5. The van der Waals surface area contributed by atoms with E-state index in [2.05, 4.69) is 9.88 Å². The van der Waals surface area contributed by atoms with Crippen molar-refractivity contribution in [3.05, 3.63) is 83.6 Å². The molecule has 0 spiro atoms. The van der Waals surface area contributed by atoms with Crippen LogP contribution in [-0.4, -0.2) is 60.9 Å². The molecule has 166 valence electrons. The second kappa shape index (κ2) is 8.38. The van der Waals surface area contributed by atoms with Gasteiger partial charge < -0.3 is 14.5 Å².